The molecule has 0 bridgehead atoms. The summed E-state index contributed by atoms with van der Waals surface area (Å²) in [6.45, 7) is 28.3. The van der Waals surface area contributed by atoms with E-state index in [0.29, 0.717) is 0 Å². The highest BCUT2D eigenvalue weighted by atomic mass is 15.2. The summed E-state index contributed by atoms with van der Waals surface area (Å²) in [5, 5.41) is 15.4. The fourth-order valence-corrected chi connectivity index (χ4v) is 14.7. The van der Waals surface area contributed by atoms with Crippen LogP contribution in [0, 0.1) is 0 Å². The molecule has 0 amide bonds. The van der Waals surface area contributed by atoms with E-state index in [1.54, 1.807) is 0 Å². The Morgan fingerprint density at radius 1 is 0.299 bits per heavy atom. The molecular formula is C83H72BN3. The Labute approximate surface area is 512 Å². The molecule has 0 saturated heterocycles. The molecule has 13 aromatic carbocycles. The molecule has 0 atom stereocenters. The van der Waals surface area contributed by atoms with Crippen molar-refractivity contribution in [1.29, 1.82) is 0 Å². The molecular weight excluding hydrogens is 1050 g/mol. The number of hydrogen-bond donors (Lipinski definition) is 0. The van der Waals surface area contributed by atoms with Gasteiger partial charge in [-0.1, -0.05) is 253 Å². The Bertz CT molecular complexity index is 4730. The molecule has 3 nitrogen and oxygen atoms in total. The minimum absolute atomic E-state index is 0.140. The van der Waals surface area contributed by atoms with Gasteiger partial charge in [0.25, 0.3) is 6.71 Å². The molecule has 4 heteroatoms. The second-order valence-corrected chi connectivity index (χ2v) is 29.3. The van der Waals surface area contributed by atoms with Crippen LogP contribution in [0.15, 0.2) is 218 Å². The van der Waals surface area contributed by atoms with Crippen molar-refractivity contribution in [3.05, 3.63) is 241 Å². The molecule has 0 aliphatic carbocycles. The van der Waals surface area contributed by atoms with Crippen molar-refractivity contribution in [2.45, 2.75) is 105 Å². The van der Waals surface area contributed by atoms with Crippen molar-refractivity contribution < 1.29 is 0 Å². The van der Waals surface area contributed by atoms with Crippen LogP contribution in [-0.2, 0) is 21.7 Å². The summed E-state index contributed by atoms with van der Waals surface area (Å²) in [6, 6.07) is 84.3. The third-order valence-corrected chi connectivity index (χ3v) is 19.4. The summed E-state index contributed by atoms with van der Waals surface area (Å²) in [5.74, 6) is 0. The van der Waals surface area contributed by atoms with Crippen LogP contribution in [0.1, 0.15) is 105 Å². The molecule has 1 aromatic heterocycles. The first kappa shape index (κ1) is 53.2. The Morgan fingerprint density at radius 3 is 1.01 bits per heavy atom. The first-order valence-electron chi connectivity index (χ1n) is 31.3. The van der Waals surface area contributed by atoms with E-state index in [0.717, 1.165) is 33.6 Å². The number of anilines is 6. The van der Waals surface area contributed by atoms with Crippen LogP contribution in [0.25, 0.3) is 98.3 Å². The highest BCUT2D eigenvalue weighted by molar-refractivity contribution is 7.01. The van der Waals surface area contributed by atoms with E-state index >= 15 is 0 Å². The van der Waals surface area contributed by atoms with Crippen LogP contribution >= 0.6 is 0 Å². The molecule has 2 aliphatic rings. The molecule has 16 rings (SSSR count). The maximum atomic E-state index is 5.50. The van der Waals surface area contributed by atoms with Crippen molar-refractivity contribution in [2.24, 2.45) is 0 Å². The maximum Gasteiger partial charge on any atom is 0.252 e. The molecule has 0 unspecified atom stereocenters. The summed E-state index contributed by atoms with van der Waals surface area (Å²) >= 11 is 0. The van der Waals surface area contributed by atoms with Gasteiger partial charge in [-0.3, -0.25) is 0 Å². The van der Waals surface area contributed by atoms with Crippen LogP contribution in [0.2, 0.25) is 0 Å². The van der Waals surface area contributed by atoms with Gasteiger partial charge in [0, 0.05) is 56.0 Å². The lowest BCUT2D eigenvalue weighted by atomic mass is 9.33. The van der Waals surface area contributed by atoms with Gasteiger partial charge in [-0.25, -0.2) is 4.98 Å². The van der Waals surface area contributed by atoms with Gasteiger partial charge in [0.1, 0.15) is 0 Å². The fraction of sp³-hybridized carbons (Fsp3) is 0.193. The molecule has 422 valence electrons. The molecule has 87 heavy (non-hydrogen) atoms. The summed E-state index contributed by atoms with van der Waals surface area (Å²) in [7, 11) is 0. The fourth-order valence-electron chi connectivity index (χ4n) is 14.7. The van der Waals surface area contributed by atoms with Gasteiger partial charge in [-0.05, 0) is 174 Å². The lowest BCUT2D eigenvalue weighted by Crippen LogP contribution is -2.61. The topological polar surface area (TPSA) is 19.4 Å². The van der Waals surface area contributed by atoms with Gasteiger partial charge < -0.3 is 9.80 Å². The van der Waals surface area contributed by atoms with Gasteiger partial charge in [0.15, 0.2) is 0 Å². The van der Waals surface area contributed by atoms with Crippen LogP contribution in [0.4, 0.5) is 34.1 Å². The summed E-state index contributed by atoms with van der Waals surface area (Å²) < 4.78 is 0. The molecule has 0 radical (unpaired) electrons. The molecule has 14 aromatic rings. The number of benzene rings is 13. The predicted molar refractivity (Wildman–Crippen MR) is 377 cm³/mol. The molecule has 3 heterocycles. The van der Waals surface area contributed by atoms with E-state index in [4.69, 9.17) is 4.98 Å². The van der Waals surface area contributed by atoms with Crippen molar-refractivity contribution in [3.8, 4) is 33.6 Å². The minimum atomic E-state index is -0.164. The van der Waals surface area contributed by atoms with E-state index in [2.05, 4.69) is 311 Å². The van der Waals surface area contributed by atoms with Crippen LogP contribution < -0.4 is 26.2 Å². The van der Waals surface area contributed by atoms with E-state index < -0.39 is 0 Å². The number of aromatic nitrogens is 1. The zero-order valence-corrected chi connectivity index (χ0v) is 52.2. The molecule has 0 N–H and O–H groups in total. The normalized spacial score (nSPS) is 13.7. The minimum Gasteiger partial charge on any atom is -0.311 e. The van der Waals surface area contributed by atoms with E-state index in [1.807, 2.05) is 0 Å². The van der Waals surface area contributed by atoms with Gasteiger partial charge in [-0.2, -0.15) is 0 Å². The number of nitrogens with zero attached hydrogens (tertiary/aromatic N) is 3. The van der Waals surface area contributed by atoms with E-state index in [9.17, 15) is 0 Å². The Balaban J connectivity index is 1.13. The van der Waals surface area contributed by atoms with Gasteiger partial charge in [0.2, 0.25) is 0 Å². The quantitative estimate of drug-likeness (QED) is 0.126. The predicted octanol–water partition coefficient (Wildman–Crippen LogP) is 21.2. The number of fused-ring (bicyclic) bond motifs is 6. The highest BCUT2D eigenvalue weighted by Crippen LogP contribution is 2.54. The smallest absolute Gasteiger partial charge is 0.252 e. The standard InChI is InChI=1S/C83H72BN3/c1-80(2,3)59-43-60(81(4,5)6)46-63(45-59)86-71-41-58(57-39-69(49-21-15-13-16-22-49)85-70(40-57)50-23-17-14-18-24-50)42-72-77(71)84(67-37-55-31-29-51-25-19-27-53-33-35-65(78(67)86)75(55)73(51)53)68-38-56-32-30-52-26-20-28-54-34-36-66(76(56)74(52)54)79(68)87(72)64-47-61(82(7,8)9)44-62(48-64)83(10,11)12/h13-48H,1-12H3. The molecule has 0 fully saturated rings. The van der Waals surface area contributed by atoms with Gasteiger partial charge >= 0.3 is 0 Å². The lowest BCUT2D eigenvalue weighted by molar-refractivity contribution is 0.568. The zero-order valence-electron chi connectivity index (χ0n) is 52.2. The second-order valence-electron chi connectivity index (χ2n) is 29.3. The Morgan fingerprint density at radius 2 is 0.644 bits per heavy atom. The number of pyridine rings is 1. The van der Waals surface area contributed by atoms with Crippen molar-refractivity contribution >= 4 is 122 Å². The molecule has 0 saturated carbocycles. The Kier molecular flexibility index (Phi) is 11.4. The van der Waals surface area contributed by atoms with Crippen LogP contribution in [-0.4, -0.2) is 11.7 Å². The van der Waals surface area contributed by atoms with Crippen molar-refractivity contribution in [3.63, 3.8) is 0 Å². The number of hydrogen-bond acceptors (Lipinski definition) is 3. The molecule has 0 spiro atoms. The second kappa shape index (κ2) is 18.6. The lowest BCUT2D eigenvalue weighted by Gasteiger charge is -2.46. The first-order valence-corrected chi connectivity index (χ1v) is 31.3. The van der Waals surface area contributed by atoms with Gasteiger partial charge in [-0.15, -0.1) is 0 Å². The van der Waals surface area contributed by atoms with Crippen LogP contribution in [0.3, 0.4) is 0 Å². The summed E-state index contributed by atoms with van der Waals surface area (Å²) in [6.07, 6.45) is 0. The Hall–Kier alpha value is -9.25. The average molecular weight is 1120 g/mol. The van der Waals surface area contributed by atoms with Crippen molar-refractivity contribution in [2.75, 3.05) is 9.80 Å². The average Bonchev–Trinajstić information content (AvgIpc) is 0.683. The molecule has 2 aliphatic heterocycles. The third-order valence-electron chi connectivity index (χ3n) is 19.4. The van der Waals surface area contributed by atoms with Gasteiger partial charge in [0.05, 0.1) is 11.4 Å². The monoisotopic (exact) mass is 1120 g/mol. The zero-order chi connectivity index (χ0) is 59.8. The van der Waals surface area contributed by atoms with Crippen LogP contribution in [0.5, 0.6) is 0 Å². The number of rotatable bonds is 5. The van der Waals surface area contributed by atoms with Crippen molar-refractivity contribution in [1.82, 2.24) is 4.98 Å². The largest absolute Gasteiger partial charge is 0.311 e. The maximum absolute atomic E-state index is 5.50. The first-order chi connectivity index (χ1) is 41.6. The van der Waals surface area contributed by atoms with E-state index in [1.165, 1.54) is 137 Å². The SMILES string of the molecule is CC(C)(C)c1cc(N2c3cc(-c4cc(-c5ccccc5)nc(-c5ccccc5)c4)cc4c3B(c3cc5ccc6cccc7ccc(c32)c5c67)c2cc3ccc5cccc6ccc(c2N4c2cc(C(C)(C)C)cc(C(C)(C)C)c2)c3c56)cc(C(C)(C)C)c1. The van der Waals surface area contributed by atoms with E-state index in [-0.39, 0.29) is 28.4 Å². The summed E-state index contributed by atoms with van der Waals surface area (Å²) in [4.78, 5) is 10.9. The highest BCUT2D eigenvalue weighted by Gasteiger charge is 2.46. The summed E-state index contributed by atoms with van der Waals surface area (Å²) in [5.41, 5.74) is 22.1. The third kappa shape index (κ3) is 8.34.